The number of rotatable bonds is 1. The van der Waals surface area contributed by atoms with Crippen molar-refractivity contribution >= 4 is 26.8 Å². The molecule has 0 saturated heterocycles. The first-order chi connectivity index (χ1) is 6.75. The molecule has 1 heterocycles. The predicted molar refractivity (Wildman–Crippen MR) is 57.9 cm³/mol. The number of aromatic nitrogens is 1. The number of hydrogen-bond acceptors (Lipinski definition) is 0. The van der Waals surface area contributed by atoms with Crippen molar-refractivity contribution in [3.63, 3.8) is 0 Å². The maximum atomic E-state index is 13.0. The Morgan fingerprint density at radius 1 is 1.36 bits per heavy atom. The lowest BCUT2D eigenvalue weighted by Gasteiger charge is -2.00. The minimum Gasteiger partial charge on any atom is -0.343 e. The first-order valence-electron chi connectivity index (χ1n) is 4.71. The van der Waals surface area contributed by atoms with Crippen LogP contribution in [0.5, 0.6) is 0 Å². The van der Waals surface area contributed by atoms with Crippen molar-refractivity contribution in [3.8, 4) is 0 Å². The standard InChI is InChI=1S/C11H9BrFN/c12-10-6-14(8-2-3-8)11-4-1-7(13)5-9(10)11/h1,4-6,8H,2-3H2. The molecule has 1 fully saturated rings. The molecule has 1 aliphatic rings. The fourth-order valence-corrected chi connectivity index (χ4v) is 2.38. The monoisotopic (exact) mass is 253 g/mol. The van der Waals surface area contributed by atoms with Crippen LogP contribution in [0.25, 0.3) is 10.9 Å². The predicted octanol–water partition coefficient (Wildman–Crippen LogP) is 3.88. The third kappa shape index (κ3) is 1.19. The van der Waals surface area contributed by atoms with Gasteiger partial charge >= 0.3 is 0 Å². The molecule has 1 aromatic heterocycles. The van der Waals surface area contributed by atoms with Crippen molar-refractivity contribution in [1.82, 2.24) is 4.57 Å². The molecule has 0 aliphatic heterocycles. The maximum absolute atomic E-state index is 13.0. The molecule has 0 bridgehead atoms. The number of benzene rings is 1. The second-order valence-electron chi connectivity index (χ2n) is 3.78. The Balaban J connectivity index is 2.32. The van der Waals surface area contributed by atoms with E-state index in [0.29, 0.717) is 6.04 Å². The molecule has 0 unspecified atom stereocenters. The van der Waals surface area contributed by atoms with E-state index < -0.39 is 0 Å². The van der Waals surface area contributed by atoms with Gasteiger partial charge in [0.15, 0.2) is 0 Å². The Bertz CT molecular complexity index is 499. The van der Waals surface area contributed by atoms with E-state index in [-0.39, 0.29) is 5.82 Å². The average Bonchev–Trinajstić information content (AvgIpc) is 2.94. The zero-order valence-electron chi connectivity index (χ0n) is 7.50. The van der Waals surface area contributed by atoms with Crippen LogP contribution >= 0.6 is 15.9 Å². The van der Waals surface area contributed by atoms with E-state index in [0.717, 1.165) is 15.4 Å². The quantitative estimate of drug-likeness (QED) is 0.727. The van der Waals surface area contributed by atoms with Gasteiger partial charge in [-0.05, 0) is 47.0 Å². The first kappa shape index (κ1) is 8.48. The van der Waals surface area contributed by atoms with Gasteiger partial charge in [0, 0.05) is 27.6 Å². The van der Waals surface area contributed by atoms with Gasteiger partial charge in [-0.3, -0.25) is 0 Å². The SMILES string of the molecule is Fc1ccc2c(c1)c(Br)cn2C1CC1. The van der Waals surface area contributed by atoms with E-state index in [1.54, 1.807) is 6.07 Å². The lowest BCUT2D eigenvalue weighted by molar-refractivity contribution is 0.629. The van der Waals surface area contributed by atoms with Crippen LogP contribution < -0.4 is 0 Å². The summed E-state index contributed by atoms with van der Waals surface area (Å²) >= 11 is 3.46. The summed E-state index contributed by atoms with van der Waals surface area (Å²) in [4.78, 5) is 0. The zero-order valence-corrected chi connectivity index (χ0v) is 9.09. The van der Waals surface area contributed by atoms with Gasteiger partial charge in [-0.2, -0.15) is 0 Å². The van der Waals surface area contributed by atoms with E-state index in [2.05, 4.69) is 26.7 Å². The minimum atomic E-state index is -0.174. The van der Waals surface area contributed by atoms with Gasteiger partial charge in [0.25, 0.3) is 0 Å². The lowest BCUT2D eigenvalue weighted by Crippen LogP contribution is -1.89. The van der Waals surface area contributed by atoms with Crippen LogP contribution in [0.3, 0.4) is 0 Å². The summed E-state index contributed by atoms with van der Waals surface area (Å²) in [5.41, 5.74) is 1.13. The average molecular weight is 254 g/mol. The largest absolute Gasteiger partial charge is 0.343 e. The second kappa shape index (κ2) is 2.83. The molecule has 0 atom stereocenters. The highest BCUT2D eigenvalue weighted by molar-refractivity contribution is 9.10. The highest BCUT2D eigenvalue weighted by Gasteiger charge is 2.25. The molecular formula is C11H9BrFN. The van der Waals surface area contributed by atoms with Gasteiger partial charge in [-0.15, -0.1) is 0 Å². The van der Waals surface area contributed by atoms with Crippen molar-refractivity contribution in [1.29, 1.82) is 0 Å². The molecule has 1 aromatic carbocycles. The molecule has 0 radical (unpaired) electrons. The van der Waals surface area contributed by atoms with Gasteiger partial charge in [-0.25, -0.2) is 4.39 Å². The number of hydrogen-bond donors (Lipinski definition) is 0. The van der Waals surface area contributed by atoms with E-state index in [9.17, 15) is 4.39 Å². The molecule has 0 amide bonds. The molecule has 2 aromatic rings. The van der Waals surface area contributed by atoms with Crippen LogP contribution in [-0.2, 0) is 0 Å². The molecule has 3 heteroatoms. The number of halogens is 2. The molecule has 14 heavy (non-hydrogen) atoms. The number of nitrogens with zero attached hydrogens (tertiary/aromatic N) is 1. The summed E-state index contributed by atoms with van der Waals surface area (Å²) in [6, 6.07) is 5.59. The van der Waals surface area contributed by atoms with Gasteiger partial charge < -0.3 is 4.57 Å². The van der Waals surface area contributed by atoms with Crippen molar-refractivity contribution in [2.45, 2.75) is 18.9 Å². The molecule has 72 valence electrons. The Hall–Kier alpha value is -0.830. The highest BCUT2D eigenvalue weighted by Crippen LogP contribution is 2.40. The van der Waals surface area contributed by atoms with Crippen LogP contribution in [0.4, 0.5) is 4.39 Å². The molecule has 1 saturated carbocycles. The number of fused-ring (bicyclic) bond motifs is 1. The van der Waals surface area contributed by atoms with Crippen molar-refractivity contribution in [3.05, 3.63) is 34.7 Å². The molecule has 0 N–H and O–H groups in total. The Kier molecular flexibility index (Phi) is 1.71. The first-order valence-corrected chi connectivity index (χ1v) is 5.50. The Morgan fingerprint density at radius 3 is 2.86 bits per heavy atom. The van der Waals surface area contributed by atoms with Crippen molar-refractivity contribution in [2.24, 2.45) is 0 Å². The van der Waals surface area contributed by atoms with E-state index in [1.807, 2.05) is 6.07 Å². The Labute approximate surface area is 89.7 Å². The van der Waals surface area contributed by atoms with Gasteiger partial charge in [0.1, 0.15) is 5.82 Å². The molecule has 1 aliphatic carbocycles. The summed E-state index contributed by atoms with van der Waals surface area (Å²) in [7, 11) is 0. The maximum Gasteiger partial charge on any atom is 0.123 e. The van der Waals surface area contributed by atoms with E-state index in [1.165, 1.54) is 18.9 Å². The van der Waals surface area contributed by atoms with Gasteiger partial charge in [-0.1, -0.05) is 0 Å². The molecule has 3 rings (SSSR count). The summed E-state index contributed by atoms with van der Waals surface area (Å²) in [6.45, 7) is 0. The van der Waals surface area contributed by atoms with Crippen molar-refractivity contribution < 1.29 is 4.39 Å². The van der Waals surface area contributed by atoms with Crippen molar-refractivity contribution in [2.75, 3.05) is 0 Å². The highest BCUT2D eigenvalue weighted by atomic mass is 79.9. The van der Waals surface area contributed by atoms with Crippen LogP contribution in [0, 0.1) is 5.82 Å². The van der Waals surface area contributed by atoms with Gasteiger partial charge in [0.2, 0.25) is 0 Å². The molecule has 1 nitrogen and oxygen atoms in total. The van der Waals surface area contributed by atoms with Crippen LogP contribution in [0.15, 0.2) is 28.9 Å². The fourth-order valence-electron chi connectivity index (χ4n) is 1.84. The fraction of sp³-hybridized carbons (Fsp3) is 0.273. The molecular weight excluding hydrogens is 245 g/mol. The Morgan fingerprint density at radius 2 is 2.14 bits per heavy atom. The third-order valence-electron chi connectivity index (χ3n) is 2.69. The lowest BCUT2D eigenvalue weighted by atomic mass is 10.2. The van der Waals surface area contributed by atoms with Crippen LogP contribution in [0.2, 0.25) is 0 Å². The van der Waals surface area contributed by atoms with Crippen LogP contribution in [-0.4, -0.2) is 4.57 Å². The summed E-state index contributed by atoms with van der Waals surface area (Å²) in [5.74, 6) is -0.174. The molecule has 0 spiro atoms. The van der Waals surface area contributed by atoms with Crippen LogP contribution in [0.1, 0.15) is 18.9 Å². The third-order valence-corrected chi connectivity index (χ3v) is 3.32. The minimum absolute atomic E-state index is 0.174. The summed E-state index contributed by atoms with van der Waals surface area (Å²) in [6.07, 6.45) is 4.54. The smallest absolute Gasteiger partial charge is 0.123 e. The topological polar surface area (TPSA) is 4.93 Å². The van der Waals surface area contributed by atoms with Gasteiger partial charge in [0.05, 0.1) is 0 Å². The second-order valence-corrected chi connectivity index (χ2v) is 4.63. The summed E-state index contributed by atoms with van der Waals surface area (Å²) < 4.78 is 16.2. The van der Waals surface area contributed by atoms with E-state index >= 15 is 0 Å². The summed E-state index contributed by atoms with van der Waals surface area (Å²) in [5, 5.41) is 0.969. The normalized spacial score (nSPS) is 16.4. The van der Waals surface area contributed by atoms with E-state index in [4.69, 9.17) is 0 Å². The zero-order chi connectivity index (χ0) is 9.71.